The molecule has 8 aromatic carbocycles. The molecule has 54 heavy (non-hydrogen) atoms. The van der Waals surface area contributed by atoms with Gasteiger partial charge >= 0.3 is 0 Å². The molecule has 2 heteroatoms. The van der Waals surface area contributed by atoms with Gasteiger partial charge in [-0.15, -0.1) is 0 Å². The van der Waals surface area contributed by atoms with Gasteiger partial charge in [-0.25, -0.2) is 0 Å². The molecule has 2 aliphatic rings. The lowest BCUT2D eigenvalue weighted by molar-refractivity contribution is 0.563. The Morgan fingerprint density at radius 3 is 1.69 bits per heavy atom. The van der Waals surface area contributed by atoms with Crippen molar-refractivity contribution >= 4 is 39.0 Å². The first-order valence-electron chi connectivity index (χ1n) is 18.9. The summed E-state index contributed by atoms with van der Waals surface area (Å²) < 4.78 is 6.77. The van der Waals surface area contributed by atoms with Crippen LogP contribution in [0.1, 0.15) is 47.2 Å². The fraction of sp³-hybridized carbons (Fsp3) is 0.0769. The van der Waals surface area contributed by atoms with Crippen molar-refractivity contribution < 1.29 is 4.42 Å². The lowest BCUT2D eigenvalue weighted by atomic mass is 9.55. The first-order chi connectivity index (χ1) is 26.6. The van der Waals surface area contributed by atoms with E-state index in [1.54, 1.807) is 0 Å². The van der Waals surface area contributed by atoms with Gasteiger partial charge in [0, 0.05) is 27.4 Å². The molecule has 0 unspecified atom stereocenters. The number of nitrogens with zero attached hydrogens (tertiary/aromatic N) is 1. The van der Waals surface area contributed by atoms with Gasteiger partial charge < -0.3 is 9.32 Å². The van der Waals surface area contributed by atoms with Gasteiger partial charge in [-0.2, -0.15) is 0 Å². The number of furan rings is 1. The van der Waals surface area contributed by atoms with Crippen LogP contribution < -0.4 is 4.90 Å². The van der Waals surface area contributed by atoms with Gasteiger partial charge in [0.15, 0.2) is 5.58 Å². The predicted molar refractivity (Wildman–Crippen MR) is 223 cm³/mol. The predicted octanol–water partition coefficient (Wildman–Crippen LogP) is 13.7. The maximum atomic E-state index is 6.77. The number of para-hydroxylation sites is 2. The van der Waals surface area contributed by atoms with E-state index >= 15 is 0 Å². The van der Waals surface area contributed by atoms with Crippen molar-refractivity contribution in [1.29, 1.82) is 0 Å². The second kappa shape index (κ2) is 11.4. The summed E-state index contributed by atoms with van der Waals surface area (Å²) in [6.07, 6.45) is 0. The van der Waals surface area contributed by atoms with Crippen LogP contribution in [0, 0.1) is 0 Å². The highest BCUT2D eigenvalue weighted by atomic mass is 16.3. The van der Waals surface area contributed by atoms with Gasteiger partial charge in [-0.3, -0.25) is 0 Å². The fourth-order valence-corrected chi connectivity index (χ4v) is 9.83. The largest absolute Gasteiger partial charge is 0.454 e. The van der Waals surface area contributed by atoms with Crippen LogP contribution in [0.4, 0.5) is 17.1 Å². The topological polar surface area (TPSA) is 16.4 Å². The van der Waals surface area contributed by atoms with Crippen LogP contribution in [0.25, 0.3) is 44.2 Å². The second-order valence-electron chi connectivity index (χ2n) is 15.2. The van der Waals surface area contributed by atoms with Crippen molar-refractivity contribution in [2.24, 2.45) is 0 Å². The number of fused-ring (bicyclic) bond motifs is 12. The van der Waals surface area contributed by atoms with E-state index in [0.717, 1.165) is 39.0 Å². The average molecular weight is 692 g/mol. The second-order valence-corrected chi connectivity index (χ2v) is 15.2. The Labute approximate surface area is 315 Å². The summed E-state index contributed by atoms with van der Waals surface area (Å²) in [7, 11) is 0. The van der Waals surface area contributed by atoms with Crippen LogP contribution in [0.3, 0.4) is 0 Å². The number of anilines is 3. The molecule has 0 fully saturated rings. The van der Waals surface area contributed by atoms with E-state index in [-0.39, 0.29) is 5.41 Å². The molecule has 2 aliphatic carbocycles. The zero-order chi connectivity index (χ0) is 36.0. The molecule has 0 bridgehead atoms. The van der Waals surface area contributed by atoms with Crippen molar-refractivity contribution in [3.8, 4) is 22.3 Å². The molecule has 0 saturated carbocycles. The smallest absolute Gasteiger partial charge is 0.159 e. The molecular weight excluding hydrogens is 655 g/mol. The first kappa shape index (κ1) is 30.9. The third-order valence-electron chi connectivity index (χ3n) is 12.2. The Balaban J connectivity index is 1.24. The molecule has 0 radical (unpaired) electrons. The van der Waals surface area contributed by atoms with Crippen LogP contribution in [0.5, 0.6) is 0 Å². The maximum Gasteiger partial charge on any atom is 0.159 e. The summed E-state index contributed by atoms with van der Waals surface area (Å²) in [4.78, 5) is 2.43. The van der Waals surface area contributed by atoms with Crippen molar-refractivity contribution in [2.75, 3.05) is 4.90 Å². The zero-order valence-electron chi connectivity index (χ0n) is 30.3. The highest BCUT2D eigenvalue weighted by molar-refractivity contribution is 6.11. The standard InChI is InChI=1S/C52H37NO/c1-51(2)41-22-9-11-24-43(41)52(44-25-12-10-23-42(44)51)40-21-8-6-19-39(40)49-45(52)26-15-27-46(49)53(36-32-30-35(31-33-36)34-16-4-3-5-17-34)47-28-14-20-38-37-18-7-13-29-48(37)54-50(38)47/h3-33H,1-2H3. The number of benzene rings is 8. The van der Waals surface area contributed by atoms with E-state index < -0.39 is 5.41 Å². The summed E-state index contributed by atoms with van der Waals surface area (Å²) in [5.74, 6) is 0. The lowest BCUT2D eigenvalue weighted by Crippen LogP contribution is -2.40. The van der Waals surface area contributed by atoms with Gasteiger partial charge in [0.25, 0.3) is 0 Å². The number of rotatable bonds is 4. The Morgan fingerprint density at radius 2 is 0.944 bits per heavy atom. The normalized spacial score (nSPS) is 14.4. The third kappa shape index (κ3) is 4.11. The molecule has 0 atom stereocenters. The minimum absolute atomic E-state index is 0.156. The Bertz CT molecular complexity index is 2860. The maximum absolute atomic E-state index is 6.77. The highest BCUT2D eigenvalue weighted by Crippen LogP contribution is 2.64. The fourth-order valence-electron chi connectivity index (χ4n) is 9.83. The minimum atomic E-state index is -0.487. The van der Waals surface area contributed by atoms with Crippen molar-refractivity contribution in [1.82, 2.24) is 0 Å². The van der Waals surface area contributed by atoms with Crippen molar-refractivity contribution in [3.63, 3.8) is 0 Å². The Hall–Kier alpha value is -6.64. The van der Waals surface area contributed by atoms with Gasteiger partial charge in [0.05, 0.1) is 16.8 Å². The van der Waals surface area contributed by atoms with Crippen LogP contribution in [-0.4, -0.2) is 0 Å². The quantitative estimate of drug-likeness (QED) is 0.183. The third-order valence-corrected chi connectivity index (χ3v) is 12.2. The van der Waals surface area contributed by atoms with Crippen molar-refractivity contribution in [3.05, 3.63) is 221 Å². The van der Waals surface area contributed by atoms with E-state index in [2.05, 4.69) is 201 Å². The first-order valence-corrected chi connectivity index (χ1v) is 18.9. The summed E-state index contributed by atoms with van der Waals surface area (Å²) in [5, 5.41) is 2.23. The van der Waals surface area contributed by atoms with Crippen LogP contribution in [-0.2, 0) is 10.8 Å². The SMILES string of the molecule is CC1(C)c2ccccc2C2(c3ccccc3-c3c(N(c4ccc(-c5ccccc5)cc4)c4cccc5c4oc4ccccc45)cccc32)c2ccccc21. The van der Waals surface area contributed by atoms with E-state index in [1.165, 1.54) is 55.6 Å². The van der Waals surface area contributed by atoms with Crippen LogP contribution in [0.15, 0.2) is 192 Å². The van der Waals surface area contributed by atoms with Gasteiger partial charge in [0.1, 0.15) is 5.58 Å². The zero-order valence-corrected chi connectivity index (χ0v) is 30.3. The van der Waals surface area contributed by atoms with E-state index in [0.29, 0.717) is 0 Å². The van der Waals surface area contributed by atoms with E-state index in [9.17, 15) is 0 Å². The summed E-state index contributed by atoms with van der Waals surface area (Å²) in [6.45, 7) is 4.76. The molecule has 0 amide bonds. The molecule has 0 saturated heterocycles. The molecular formula is C52H37NO. The lowest BCUT2D eigenvalue weighted by Gasteiger charge is -2.46. The molecule has 0 N–H and O–H groups in total. The molecule has 256 valence electrons. The van der Waals surface area contributed by atoms with E-state index in [4.69, 9.17) is 4.42 Å². The molecule has 0 aliphatic heterocycles. The molecule has 11 rings (SSSR count). The Kier molecular flexibility index (Phi) is 6.55. The summed E-state index contributed by atoms with van der Waals surface area (Å²) in [6, 6.07) is 68.9. The molecule has 1 spiro atoms. The molecule has 9 aromatic rings. The monoisotopic (exact) mass is 691 g/mol. The van der Waals surface area contributed by atoms with Gasteiger partial charge in [0.2, 0.25) is 0 Å². The minimum Gasteiger partial charge on any atom is -0.454 e. The summed E-state index contributed by atoms with van der Waals surface area (Å²) >= 11 is 0. The van der Waals surface area contributed by atoms with Crippen LogP contribution >= 0.6 is 0 Å². The van der Waals surface area contributed by atoms with Gasteiger partial charge in [-0.05, 0) is 80.4 Å². The van der Waals surface area contributed by atoms with Gasteiger partial charge in [-0.1, -0.05) is 172 Å². The molecule has 1 aromatic heterocycles. The molecule has 1 heterocycles. The van der Waals surface area contributed by atoms with Crippen LogP contribution in [0.2, 0.25) is 0 Å². The average Bonchev–Trinajstić information content (AvgIpc) is 3.76. The Morgan fingerprint density at radius 1 is 0.407 bits per heavy atom. The number of hydrogen-bond acceptors (Lipinski definition) is 2. The summed E-state index contributed by atoms with van der Waals surface area (Å²) in [5.41, 5.74) is 17.3. The number of hydrogen-bond donors (Lipinski definition) is 0. The highest BCUT2D eigenvalue weighted by Gasteiger charge is 2.53. The van der Waals surface area contributed by atoms with Crippen molar-refractivity contribution in [2.45, 2.75) is 24.7 Å². The molecule has 2 nitrogen and oxygen atoms in total. The van der Waals surface area contributed by atoms with E-state index in [1.807, 2.05) is 6.07 Å².